The van der Waals surface area contributed by atoms with E-state index in [0.29, 0.717) is 4.91 Å². The molecule has 0 saturated carbocycles. The molecular formula is C7H10OS. The van der Waals surface area contributed by atoms with Crippen molar-refractivity contribution in [2.45, 2.75) is 13.8 Å². The number of Topliss-reactive ketones (excluding diaryl/α,β-unsaturated/α-hetero) is 1. The van der Waals surface area contributed by atoms with Crippen LogP contribution in [0.3, 0.4) is 0 Å². The van der Waals surface area contributed by atoms with Gasteiger partial charge in [0.25, 0.3) is 0 Å². The molecule has 0 unspecified atom stereocenters. The third-order valence-electron chi connectivity index (χ3n) is 0.739. The van der Waals surface area contributed by atoms with Gasteiger partial charge in [0.15, 0.2) is 5.78 Å². The number of carbonyl (C=O) groups excluding carboxylic acids is 1. The smallest absolute Gasteiger partial charge is 0.165 e. The minimum atomic E-state index is 0.0399. The summed E-state index contributed by atoms with van der Waals surface area (Å²) in [7, 11) is 0. The Bertz CT molecular complexity index is 147. The molecule has 0 bridgehead atoms. The van der Waals surface area contributed by atoms with E-state index in [0.717, 1.165) is 0 Å². The van der Waals surface area contributed by atoms with E-state index in [2.05, 4.69) is 6.58 Å². The number of hydrogen-bond donors (Lipinski definition) is 0. The molecule has 2 heteroatoms. The molecule has 50 valence electrons. The number of allylic oxidation sites excluding steroid dienone is 2. The second kappa shape index (κ2) is 4.39. The van der Waals surface area contributed by atoms with Crippen molar-refractivity contribution in [3.8, 4) is 0 Å². The lowest BCUT2D eigenvalue weighted by molar-refractivity contribution is -0.112. The summed E-state index contributed by atoms with van der Waals surface area (Å²) >= 11 is 1.36. The minimum absolute atomic E-state index is 0.0399. The largest absolute Gasteiger partial charge is 0.294 e. The van der Waals surface area contributed by atoms with E-state index in [-0.39, 0.29) is 5.78 Å². The molecule has 0 aliphatic heterocycles. The highest BCUT2D eigenvalue weighted by atomic mass is 32.2. The van der Waals surface area contributed by atoms with Crippen LogP contribution in [0.15, 0.2) is 23.0 Å². The summed E-state index contributed by atoms with van der Waals surface area (Å²) in [5.74, 6) is 0.0399. The van der Waals surface area contributed by atoms with Gasteiger partial charge in [-0.1, -0.05) is 24.4 Å². The SMILES string of the molecule is C=C(S/C=C\C)C(C)=O. The van der Waals surface area contributed by atoms with Crippen LogP contribution in [0.1, 0.15) is 13.8 Å². The Morgan fingerprint density at radius 2 is 2.22 bits per heavy atom. The first-order valence-corrected chi connectivity index (χ1v) is 3.54. The quantitative estimate of drug-likeness (QED) is 0.563. The number of ketones is 1. The Morgan fingerprint density at radius 3 is 2.56 bits per heavy atom. The monoisotopic (exact) mass is 142 g/mol. The lowest BCUT2D eigenvalue weighted by Gasteiger charge is -1.91. The summed E-state index contributed by atoms with van der Waals surface area (Å²) in [6.45, 7) is 6.97. The van der Waals surface area contributed by atoms with E-state index in [9.17, 15) is 4.79 Å². The maximum absolute atomic E-state index is 10.5. The van der Waals surface area contributed by atoms with Gasteiger partial charge in [0.2, 0.25) is 0 Å². The van der Waals surface area contributed by atoms with Gasteiger partial charge in [-0.05, 0) is 19.3 Å². The van der Waals surface area contributed by atoms with E-state index in [1.54, 1.807) is 0 Å². The van der Waals surface area contributed by atoms with Crippen LogP contribution >= 0.6 is 11.8 Å². The van der Waals surface area contributed by atoms with Crippen LogP contribution in [0, 0.1) is 0 Å². The third kappa shape index (κ3) is 4.03. The Labute approximate surface area is 59.8 Å². The van der Waals surface area contributed by atoms with E-state index in [4.69, 9.17) is 0 Å². The van der Waals surface area contributed by atoms with Gasteiger partial charge in [-0.25, -0.2) is 0 Å². The van der Waals surface area contributed by atoms with Crippen molar-refractivity contribution < 1.29 is 4.79 Å². The number of carbonyl (C=O) groups is 1. The van der Waals surface area contributed by atoms with Gasteiger partial charge < -0.3 is 0 Å². The summed E-state index contributed by atoms with van der Waals surface area (Å²) in [6, 6.07) is 0. The second-order valence-corrected chi connectivity index (χ2v) is 2.57. The fourth-order valence-corrected chi connectivity index (χ4v) is 0.699. The highest BCUT2D eigenvalue weighted by Crippen LogP contribution is 2.14. The molecule has 0 aromatic heterocycles. The first-order valence-electron chi connectivity index (χ1n) is 2.66. The second-order valence-electron chi connectivity index (χ2n) is 1.57. The van der Waals surface area contributed by atoms with Crippen LogP contribution in [0.4, 0.5) is 0 Å². The van der Waals surface area contributed by atoms with Crippen LogP contribution in [0.2, 0.25) is 0 Å². The normalized spacial score (nSPS) is 10.0. The molecule has 0 aromatic rings. The zero-order chi connectivity index (χ0) is 7.28. The summed E-state index contributed by atoms with van der Waals surface area (Å²) in [5, 5.41) is 1.84. The molecule has 0 amide bonds. The molecule has 0 aliphatic carbocycles. The van der Waals surface area contributed by atoms with Gasteiger partial charge >= 0.3 is 0 Å². The molecule has 0 fully saturated rings. The lowest BCUT2D eigenvalue weighted by Crippen LogP contribution is -1.86. The molecule has 9 heavy (non-hydrogen) atoms. The molecule has 0 aliphatic rings. The zero-order valence-corrected chi connectivity index (χ0v) is 6.49. The maximum Gasteiger partial charge on any atom is 0.165 e. The molecule has 0 heterocycles. The standard InChI is InChI=1S/C7H10OS/c1-4-5-9-7(3)6(2)8/h4-5H,3H2,1-2H3/b5-4-. The van der Waals surface area contributed by atoms with Crippen LogP contribution in [0.5, 0.6) is 0 Å². The summed E-state index contributed by atoms with van der Waals surface area (Å²) < 4.78 is 0. The molecular weight excluding hydrogens is 132 g/mol. The lowest BCUT2D eigenvalue weighted by atomic mass is 10.4. The highest BCUT2D eigenvalue weighted by Gasteiger charge is 1.95. The van der Waals surface area contributed by atoms with Gasteiger partial charge in [-0.2, -0.15) is 0 Å². The summed E-state index contributed by atoms with van der Waals surface area (Å²) in [6.07, 6.45) is 1.87. The molecule has 0 N–H and O–H groups in total. The van der Waals surface area contributed by atoms with E-state index in [1.807, 2.05) is 18.4 Å². The van der Waals surface area contributed by atoms with Gasteiger partial charge in [0.1, 0.15) is 0 Å². The molecule has 0 rings (SSSR count). The first-order chi connectivity index (χ1) is 4.18. The van der Waals surface area contributed by atoms with Crippen LogP contribution in [-0.2, 0) is 4.79 Å². The average molecular weight is 142 g/mol. The fourth-order valence-electron chi connectivity index (χ4n) is 0.233. The first kappa shape index (κ1) is 8.50. The third-order valence-corrected chi connectivity index (χ3v) is 1.72. The van der Waals surface area contributed by atoms with Crippen molar-refractivity contribution in [2.75, 3.05) is 0 Å². The van der Waals surface area contributed by atoms with Crippen molar-refractivity contribution in [3.05, 3.63) is 23.0 Å². The van der Waals surface area contributed by atoms with Crippen LogP contribution in [0.25, 0.3) is 0 Å². The van der Waals surface area contributed by atoms with Gasteiger partial charge in [0.05, 0.1) is 0 Å². The van der Waals surface area contributed by atoms with Crippen LogP contribution < -0.4 is 0 Å². The molecule has 0 spiro atoms. The summed E-state index contributed by atoms with van der Waals surface area (Å²) in [4.78, 5) is 11.1. The summed E-state index contributed by atoms with van der Waals surface area (Å²) in [5.41, 5.74) is 0. The predicted molar refractivity (Wildman–Crippen MR) is 42.2 cm³/mol. The van der Waals surface area contributed by atoms with Gasteiger partial charge in [-0.3, -0.25) is 4.79 Å². The van der Waals surface area contributed by atoms with E-state index < -0.39 is 0 Å². The number of rotatable bonds is 3. The van der Waals surface area contributed by atoms with Crippen molar-refractivity contribution in [3.63, 3.8) is 0 Å². The average Bonchev–Trinajstić information content (AvgIpc) is 1.82. The number of thioether (sulfide) groups is 1. The molecule has 0 radical (unpaired) electrons. The Morgan fingerprint density at radius 1 is 1.67 bits per heavy atom. The Kier molecular flexibility index (Phi) is 4.14. The van der Waals surface area contributed by atoms with Gasteiger partial charge in [-0.15, -0.1) is 0 Å². The van der Waals surface area contributed by atoms with E-state index in [1.165, 1.54) is 18.7 Å². The van der Waals surface area contributed by atoms with E-state index >= 15 is 0 Å². The Balaban J connectivity index is 3.65. The highest BCUT2D eigenvalue weighted by molar-refractivity contribution is 8.06. The Hall–Kier alpha value is -0.500. The minimum Gasteiger partial charge on any atom is -0.294 e. The van der Waals surface area contributed by atoms with Gasteiger partial charge in [0, 0.05) is 4.91 Å². The molecule has 1 nitrogen and oxygen atoms in total. The van der Waals surface area contributed by atoms with Crippen molar-refractivity contribution in [1.29, 1.82) is 0 Å². The molecule has 0 aromatic carbocycles. The predicted octanol–water partition coefficient (Wildman–Crippen LogP) is 2.36. The van der Waals surface area contributed by atoms with Crippen molar-refractivity contribution >= 4 is 17.5 Å². The molecule has 0 saturated heterocycles. The van der Waals surface area contributed by atoms with Crippen molar-refractivity contribution in [2.24, 2.45) is 0 Å². The maximum atomic E-state index is 10.5. The van der Waals surface area contributed by atoms with Crippen molar-refractivity contribution in [1.82, 2.24) is 0 Å². The fraction of sp³-hybridized carbons (Fsp3) is 0.286. The zero-order valence-electron chi connectivity index (χ0n) is 5.68. The van der Waals surface area contributed by atoms with Crippen LogP contribution in [-0.4, -0.2) is 5.78 Å². The topological polar surface area (TPSA) is 17.1 Å². The molecule has 0 atom stereocenters. The number of hydrogen-bond acceptors (Lipinski definition) is 2.